The molecule has 0 heteroatoms. The Kier molecular flexibility index (Phi) is 5.87. The fraction of sp³-hybridized carbons (Fsp3) is 0.385. The van der Waals surface area contributed by atoms with Gasteiger partial charge in [0.15, 0.2) is 0 Å². The zero-order valence-corrected chi connectivity index (χ0v) is 8.15. The van der Waals surface area contributed by atoms with Gasteiger partial charge in [-0.3, -0.25) is 0 Å². The third-order valence-corrected chi connectivity index (χ3v) is 2.00. The number of hydrogen-bond donors (Lipinski definition) is 0. The van der Waals surface area contributed by atoms with Crippen LogP contribution in [0.2, 0.25) is 0 Å². The van der Waals surface area contributed by atoms with Crippen LogP contribution in [0.3, 0.4) is 0 Å². The summed E-state index contributed by atoms with van der Waals surface area (Å²) in [5.74, 6) is 0. The van der Waals surface area contributed by atoms with Gasteiger partial charge in [-0.1, -0.05) is 48.6 Å². The van der Waals surface area contributed by atoms with Gasteiger partial charge >= 0.3 is 0 Å². The number of hydrogen-bond acceptors (Lipinski definition) is 0. The molecule has 0 fully saturated rings. The fourth-order valence-corrected chi connectivity index (χ4v) is 1.25. The highest BCUT2D eigenvalue weighted by Gasteiger charge is 1.80. The third kappa shape index (κ3) is 6.15. The second-order valence-corrected chi connectivity index (χ2v) is 3.20. The quantitative estimate of drug-likeness (QED) is 0.483. The molecule has 0 aromatic rings. The van der Waals surface area contributed by atoms with Gasteiger partial charge in [0.05, 0.1) is 0 Å². The smallest absolute Gasteiger partial charge is 0.0166 e. The molecule has 0 aliphatic heterocycles. The predicted octanol–water partition coefficient (Wildman–Crippen LogP) is 4.18. The Balaban J connectivity index is 2.38. The SMILES string of the molecule is C1=C\C/C=C\CCC/C=C\C\C=C/1. The number of rotatable bonds is 0. The third-order valence-electron chi connectivity index (χ3n) is 2.00. The van der Waals surface area contributed by atoms with Crippen LogP contribution in [0, 0.1) is 0 Å². The van der Waals surface area contributed by atoms with Gasteiger partial charge in [0.25, 0.3) is 0 Å². The lowest BCUT2D eigenvalue weighted by atomic mass is 10.2. The second kappa shape index (κ2) is 7.60. The van der Waals surface area contributed by atoms with E-state index in [1.54, 1.807) is 0 Å². The molecule has 0 atom stereocenters. The van der Waals surface area contributed by atoms with Crippen LogP contribution in [0.15, 0.2) is 48.6 Å². The molecule has 0 saturated heterocycles. The molecule has 1 aliphatic carbocycles. The second-order valence-electron chi connectivity index (χ2n) is 3.20. The van der Waals surface area contributed by atoms with Crippen molar-refractivity contribution in [2.45, 2.75) is 32.1 Å². The molecule has 13 heavy (non-hydrogen) atoms. The normalized spacial score (nSPS) is 28.9. The van der Waals surface area contributed by atoms with Crippen molar-refractivity contribution in [2.75, 3.05) is 0 Å². The van der Waals surface area contributed by atoms with E-state index in [0.717, 1.165) is 12.8 Å². The highest BCUT2D eigenvalue weighted by Crippen LogP contribution is 2.01. The maximum Gasteiger partial charge on any atom is -0.0166 e. The topological polar surface area (TPSA) is 0 Å². The molecule has 0 saturated carbocycles. The first-order chi connectivity index (χ1) is 6.50. The maximum atomic E-state index is 2.28. The monoisotopic (exact) mass is 174 g/mol. The Morgan fingerprint density at radius 3 is 1.62 bits per heavy atom. The van der Waals surface area contributed by atoms with E-state index in [-0.39, 0.29) is 0 Å². The van der Waals surface area contributed by atoms with Gasteiger partial charge in [0, 0.05) is 0 Å². The van der Waals surface area contributed by atoms with Crippen molar-refractivity contribution in [1.29, 1.82) is 0 Å². The van der Waals surface area contributed by atoms with Gasteiger partial charge in [-0.05, 0) is 32.1 Å². The van der Waals surface area contributed by atoms with E-state index < -0.39 is 0 Å². The first-order valence-corrected chi connectivity index (χ1v) is 5.12. The molecule has 1 aliphatic rings. The summed E-state index contributed by atoms with van der Waals surface area (Å²) in [5, 5.41) is 0. The highest BCUT2D eigenvalue weighted by molar-refractivity contribution is 5.07. The van der Waals surface area contributed by atoms with Gasteiger partial charge in [-0.25, -0.2) is 0 Å². The molecule has 0 heterocycles. The average Bonchev–Trinajstić information content (AvgIpc) is 2.18. The summed E-state index contributed by atoms with van der Waals surface area (Å²) < 4.78 is 0. The standard InChI is InChI=1S/C13H18/c1-2-4-6-8-10-12-13-11-9-7-5-3-1/h1-4,7-10H,5-6,11-13H2/b3-1-,4-2-,9-7-,10-8-. The lowest BCUT2D eigenvalue weighted by Gasteiger charge is -1.89. The number of allylic oxidation sites excluding steroid dienone is 8. The largest absolute Gasteiger partial charge is 0.0882 e. The van der Waals surface area contributed by atoms with Gasteiger partial charge in [0.2, 0.25) is 0 Å². The minimum absolute atomic E-state index is 1.07. The van der Waals surface area contributed by atoms with Crippen LogP contribution in [0.5, 0.6) is 0 Å². The van der Waals surface area contributed by atoms with Crippen LogP contribution in [-0.2, 0) is 0 Å². The molecule has 0 amide bonds. The van der Waals surface area contributed by atoms with Gasteiger partial charge < -0.3 is 0 Å². The Morgan fingerprint density at radius 1 is 0.538 bits per heavy atom. The lowest BCUT2D eigenvalue weighted by molar-refractivity contribution is 0.864. The molecular weight excluding hydrogens is 156 g/mol. The van der Waals surface area contributed by atoms with E-state index in [0.29, 0.717) is 0 Å². The molecule has 70 valence electrons. The fourth-order valence-electron chi connectivity index (χ4n) is 1.25. The van der Waals surface area contributed by atoms with Gasteiger partial charge in [0.1, 0.15) is 0 Å². The molecule has 0 unspecified atom stereocenters. The molecule has 0 radical (unpaired) electrons. The zero-order chi connectivity index (χ0) is 9.19. The molecule has 0 aromatic carbocycles. The van der Waals surface area contributed by atoms with Crippen molar-refractivity contribution in [1.82, 2.24) is 0 Å². The summed E-state index contributed by atoms with van der Waals surface area (Å²) in [4.78, 5) is 0. The minimum Gasteiger partial charge on any atom is -0.0882 e. The van der Waals surface area contributed by atoms with Crippen LogP contribution >= 0.6 is 0 Å². The molecule has 0 spiro atoms. The molecule has 1 rings (SSSR count). The molecular formula is C13H18. The molecule has 0 N–H and O–H groups in total. The first kappa shape index (κ1) is 10.0. The Bertz CT molecular complexity index is 192. The van der Waals surface area contributed by atoms with Crippen molar-refractivity contribution in [3.05, 3.63) is 48.6 Å². The summed E-state index contributed by atoms with van der Waals surface area (Å²) in [6.07, 6.45) is 23.5. The summed E-state index contributed by atoms with van der Waals surface area (Å²) in [7, 11) is 0. The lowest BCUT2D eigenvalue weighted by Crippen LogP contribution is -1.69. The van der Waals surface area contributed by atoms with Crippen molar-refractivity contribution in [2.24, 2.45) is 0 Å². The van der Waals surface area contributed by atoms with Crippen LogP contribution in [-0.4, -0.2) is 0 Å². The predicted molar refractivity (Wildman–Crippen MR) is 59.6 cm³/mol. The van der Waals surface area contributed by atoms with Crippen molar-refractivity contribution in [3.8, 4) is 0 Å². The molecule has 0 nitrogen and oxygen atoms in total. The van der Waals surface area contributed by atoms with E-state index >= 15 is 0 Å². The Hall–Kier alpha value is -1.04. The van der Waals surface area contributed by atoms with E-state index in [2.05, 4.69) is 48.6 Å². The van der Waals surface area contributed by atoms with E-state index in [4.69, 9.17) is 0 Å². The highest BCUT2D eigenvalue weighted by atomic mass is 13.9. The van der Waals surface area contributed by atoms with Crippen molar-refractivity contribution < 1.29 is 0 Å². The average molecular weight is 174 g/mol. The van der Waals surface area contributed by atoms with Crippen LogP contribution in [0.25, 0.3) is 0 Å². The zero-order valence-electron chi connectivity index (χ0n) is 8.15. The van der Waals surface area contributed by atoms with Crippen molar-refractivity contribution in [3.63, 3.8) is 0 Å². The van der Waals surface area contributed by atoms with Gasteiger partial charge in [-0.2, -0.15) is 0 Å². The molecule has 0 aromatic heterocycles. The Morgan fingerprint density at radius 2 is 1.08 bits per heavy atom. The van der Waals surface area contributed by atoms with Crippen LogP contribution in [0.4, 0.5) is 0 Å². The van der Waals surface area contributed by atoms with E-state index in [9.17, 15) is 0 Å². The maximum absolute atomic E-state index is 2.28. The first-order valence-electron chi connectivity index (χ1n) is 5.12. The Labute approximate surface area is 81.4 Å². The van der Waals surface area contributed by atoms with Crippen LogP contribution in [0.1, 0.15) is 32.1 Å². The summed E-state index contributed by atoms with van der Waals surface area (Å²) in [5.41, 5.74) is 0. The summed E-state index contributed by atoms with van der Waals surface area (Å²) in [6.45, 7) is 0. The van der Waals surface area contributed by atoms with Crippen molar-refractivity contribution >= 4 is 0 Å². The molecule has 0 bridgehead atoms. The van der Waals surface area contributed by atoms with E-state index in [1.807, 2.05) is 0 Å². The van der Waals surface area contributed by atoms with Crippen LogP contribution < -0.4 is 0 Å². The minimum atomic E-state index is 1.07. The van der Waals surface area contributed by atoms with Gasteiger partial charge in [-0.15, -0.1) is 0 Å². The van der Waals surface area contributed by atoms with E-state index in [1.165, 1.54) is 19.3 Å². The summed E-state index contributed by atoms with van der Waals surface area (Å²) in [6, 6.07) is 0. The summed E-state index contributed by atoms with van der Waals surface area (Å²) >= 11 is 0.